The van der Waals surface area contributed by atoms with Crippen molar-refractivity contribution in [2.75, 3.05) is 6.54 Å². The number of hydrogen-bond donors (Lipinski definition) is 0. The molecule has 122 valence electrons. The fraction of sp³-hybridized carbons (Fsp3) is 0.474. The molecule has 2 unspecified atom stereocenters. The first-order valence-corrected chi connectivity index (χ1v) is 8.90. The molecule has 4 aliphatic rings. The van der Waals surface area contributed by atoms with E-state index < -0.39 is 0 Å². The van der Waals surface area contributed by atoms with Crippen LogP contribution in [-0.4, -0.2) is 44.6 Å². The molecule has 4 atom stereocenters. The van der Waals surface area contributed by atoms with Gasteiger partial charge in [-0.3, -0.25) is 4.90 Å². The first-order chi connectivity index (χ1) is 11.8. The van der Waals surface area contributed by atoms with Gasteiger partial charge in [-0.2, -0.15) is 0 Å². The summed E-state index contributed by atoms with van der Waals surface area (Å²) in [4.78, 5) is 19.1. The predicted molar refractivity (Wildman–Crippen MR) is 88.4 cm³/mol. The number of nitrogens with zero attached hydrogens (tertiary/aromatic N) is 3. The normalized spacial score (nSPS) is 37.4. The van der Waals surface area contributed by atoms with Gasteiger partial charge >= 0.3 is 5.97 Å². The van der Waals surface area contributed by atoms with Crippen LogP contribution in [0.25, 0.3) is 11.0 Å². The molecule has 3 aliphatic heterocycles. The van der Waals surface area contributed by atoms with Crippen LogP contribution in [0.15, 0.2) is 42.2 Å². The highest BCUT2D eigenvalue weighted by molar-refractivity contribution is 5.88. The number of ether oxygens (including phenoxy) is 1. The molecule has 4 heterocycles. The summed E-state index contributed by atoms with van der Waals surface area (Å²) in [6.45, 7) is 1.12. The summed E-state index contributed by atoms with van der Waals surface area (Å²) in [7, 11) is 0. The predicted octanol–water partition coefficient (Wildman–Crippen LogP) is 2.44. The van der Waals surface area contributed by atoms with Gasteiger partial charge in [-0.15, -0.1) is 0 Å². The second kappa shape index (κ2) is 4.28. The van der Waals surface area contributed by atoms with Crippen molar-refractivity contribution in [3.05, 3.63) is 42.2 Å². The molecule has 5 nitrogen and oxygen atoms in total. The molecule has 1 aliphatic carbocycles. The maximum atomic E-state index is 12.0. The van der Waals surface area contributed by atoms with Gasteiger partial charge in [-0.25, -0.2) is 9.78 Å². The van der Waals surface area contributed by atoms with Crippen molar-refractivity contribution in [2.45, 2.75) is 49.4 Å². The lowest BCUT2D eigenvalue weighted by molar-refractivity contribution is -0.207. The second-order valence-corrected chi connectivity index (χ2v) is 7.49. The zero-order valence-electron chi connectivity index (χ0n) is 13.4. The Balaban J connectivity index is 1.50. The number of fused-ring (bicyclic) bond motifs is 3. The summed E-state index contributed by atoms with van der Waals surface area (Å²) in [5.74, 6) is -0.144. The summed E-state index contributed by atoms with van der Waals surface area (Å²) in [5, 5.41) is 0. The SMILES string of the molecule is O=C1C=C2CC(n3cnc4ccccc43)[C@H]3N4CCCC[C@@H]4C23O1. The minimum Gasteiger partial charge on any atom is -0.448 e. The van der Waals surface area contributed by atoms with E-state index in [1.165, 1.54) is 23.9 Å². The summed E-state index contributed by atoms with van der Waals surface area (Å²) >= 11 is 0. The summed E-state index contributed by atoms with van der Waals surface area (Å²) < 4.78 is 8.28. The highest BCUT2D eigenvalue weighted by Crippen LogP contribution is 2.61. The van der Waals surface area contributed by atoms with Crippen LogP contribution in [0.3, 0.4) is 0 Å². The van der Waals surface area contributed by atoms with Crippen LogP contribution in [0.5, 0.6) is 0 Å². The molecule has 3 fully saturated rings. The van der Waals surface area contributed by atoms with Crippen LogP contribution in [0.2, 0.25) is 0 Å². The molecule has 0 bridgehead atoms. The molecule has 2 saturated heterocycles. The number of hydrogen-bond acceptors (Lipinski definition) is 4. The smallest absolute Gasteiger partial charge is 0.331 e. The maximum Gasteiger partial charge on any atom is 0.331 e. The molecule has 6 rings (SSSR count). The molecule has 0 amide bonds. The van der Waals surface area contributed by atoms with Crippen molar-refractivity contribution in [1.82, 2.24) is 14.5 Å². The average Bonchev–Trinajstić information content (AvgIpc) is 3.22. The van der Waals surface area contributed by atoms with Crippen LogP contribution in [0, 0.1) is 0 Å². The highest BCUT2D eigenvalue weighted by atomic mass is 16.6. The number of benzene rings is 1. The van der Waals surface area contributed by atoms with Crippen LogP contribution < -0.4 is 0 Å². The van der Waals surface area contributed by atoms with Gasteiger partial charge in [-0.1, -0.05) is 18.6 Å². The number of carbonyl (C=O) groups excluding carboxylic acids is 1. The van der Waals surface area contributed by atoms with E-state index in [9.17, 15) is 4.79 Å². The number of esters is 1. The van der Waals surface area contributed by atoms with Gasteiger partial charge in [0.1, 0.15) is 0 Å². The Morgan fingerprint density at radius 2 is 2.17 bits per heavy atom. The molecule has 0 radical (unpaired) electrons. The molecule has 24 heavy (non-hydrogen) atoms. The average molecular weight is 321 g/mol. The Hall–Kier alpha value is -2.14. The monoisotopic (exact) mass is 321 g/mol. The van der Waals surface area contributed by atoms with Gasteiger partial charge in [-0.05, 0) is 43.5 Å². The number of aromatic nitrogens is 2. The molecule has 0 N–H and O–H groups in total. The number of piperidine rings is 1. The van der Waals surface area contributed by atoms with Crippen molar-refractivity contribution in [3.8, 4) is 0 Å². The Bertz CT molecular complexity index is 901. The van der Waals surface area contributed by atoms with E-state index >= 15 is 0 Å². The van der Waals surface area contributed by atoms with Crippen LogP contribution in [-0.2, 0) is 9.53 Å². The molecule has 1 aromatic carbocycles. The molecule has 1 saturated carbocycles. The fourth-order valence-electron chi connectivity index (χ4n) is 5.71. The van der Waals surface area contributed by atoms with Crippen molar-refractivity contribution in [1.29, 1.82) is 0 Å². The second-order valence-electron chi connectivity index (χ2n) is 7.49. The minimum absolute atomic E-state index is 0.144. The van der Waals surface area contributed by atoms with E-state index in [0.717, 1.165) is 24.9 Å². The van der Waals surface area contributed by atoms with Crippen LogP contribution >= 0.6 is 0 Å². The van der Waals surface area contributed by atoms with E-state index in [4.69, 9.17) is 4.74 Å². The summed E-state index contributed by atoms with van der Waals surface area (Å²) in [6, 6.07) is 9.23. The Morgan fingerprint density at radius 1 is 1.25 bits per heavy atom. The molecular formula is C19H19N3O2. The van der Waals surface area contributed by atoms with Gasteiger partial charge in [0.05, 0.1) is 35.5 Å². The Kier molecular flexibility index (Phi) is 2.35. The van der Waals surface area contributed by atoms with Crippen LogP contribution in [0.4, 0.5) is 0 Å². The quantitative estimate of drug-likeness (QED) is 0.757. The largest absolute Gasteiger partial charge is 0.448 e. The van der Waals surface area contributed by atoms with Crippen molar-refractivity contribution in [2.24, 2.45) is 0 Å². The molecule has 1 aromatic heterocycles. The molecule has 2 aromatic rings. The lowest BCUT2D eigenvalue weighted by Gasteiger charge is -2.61. The third-order valence-electron chi connectivity index (χ3n) is 6.53. The van der Waals surface area contributed by atoms with E-state index in [1.807, 2.05) is 12.4 Å². The van der Waals surface area contributed by atoms with E-state index in [2.05, 4.69) is 32.7 Å². The number of imidazole rings is 1. The first kappa shape index (κ1) is 13.2. The van der Waals surface area contributed by atoms with Gasteiger partial charge in [0.2, 0.25) is 0 Å². The molecule has 1 spiro atoms. The number of para-hydroxylation sites is 2. The van der Waals surface area contributed by atoms with Crippen molar-refractivity contribution < 1.29 is 9.53 Å². The Morgan fingerprint density at radius 3 is 3.12 bits per heavy atom. The van der Waals surface area contributed by atoms with Crippen molar-refractivity contribution >= 4 is 17.0 Å². The zero-order chi connectivity index (χ0) is 15.9. The first-order valence-electron chi connectivity index (χ1n) is 8.90. The van der Waals surface area contributed by atoms with Gasteiger partial charge in [0, 0.05) is 6.08 Å². The summed E-state index contributed by atoms with van der Waals surface area (Å²) in [6.07, 6.45) is 8.23. The third-order valence-corrected chi connectivity index (χ3v) is 6.53. The minimum atomic E-state index is -0.354. The highest BCUT2D eigenvalue weighted by Gasteiger charge is 2.73. The third kappa shape index (κ3) is 1.37. The fourth-order valence-corrected chi connectivity index (χ4v) is 5.71. The van der Waals surface area contributed by atoms with E-state index in [-0.39, 0.29) is 17.6 Å². The van der Waals surface area contributed by atoms with Gasteiger partial charge < -0.3 is 9.30 Å². The van der Waals surface area contributed by atoms with E-state index in [0.29, 0.717) is 12.1 Å². The standard InChI is InChI=1S/C19H19N3O2/c23-17-10-12-9-15(22-11-20-13-5-1-2-6-14(13)22)18-19(12,24-17)16-7-3-4-8-21(16)18/h1-2,5-6,10-11,15-16,18H,3-4,7-9H2/t15?,16-,18-,19?/m1/s1. The van der Waals surface area contributed by atoms with Gasteiger partial charge in [0.25, 0.3) is 0 Å². The Labute approximate surface area is 139 Å². The molecule has 5 heteroatoms. The van der Waals surface area contributed by atoms with Crippen LogP contribution in [0.1, 0.15) is 31.7 Å². The lowest BCUT2D eigenvalue weighted by Crippen LogP contribution is -2.77. The maximum absolute atomic E-state index is 12.0. The number of rotatable bonds is 1. The van der Waals surface area contributed by atoms with E-state index in [1.54, 1.807) is 6.08 Å². The molecular weight excluding hydrogens is 302 g/mol. The summed E-state index contributed by atoms with van der Waals surface area (Å²) in [5.41, 5.74) is 3.06. The topological polar surface area (TPSA) is 47.4 Å². The zero-order valence-corrected chi connectivity index (χ0v) is 13.4. The van der Waals surface area contributed by atoms with Crippen molar-refractivity contribution in [3.63, 3.8) is 0 Å². The van der Waals surface area contributed by atoms with Gasteiger partial charge in [0.15, 0.2) is 5.60 Å². The number of carbonyl (C=O) groups is 1. The lowest BCUT2D eigenvalue weighted by atomic mass is 9.70.